The fourth-order valence-electron chi connectivity index (χ4n) is 1.55. The molecule has 7 heteroatoms. The van der Waals surface area contributed by atoms with Gasteiger partial charge in [0.05, 0.1) is 0 Å². The van der Waals surface area contributed by atoms with Gasteiger partial charge in [-0.2, -0.15) is 15.0 Å². The monoisotopic (exact) mass is 306 g/mol. The van der Waals surface area contributed by atoms with E-state index in [0.717, 1.165) is 30.3 Å². The predicted octanol–water partition coefficient (Wildman–Crippen LogP) is 3.02. The number of rotatable bonds is 8. The summed E-state index contributed by atoms with van der Waals surface area (Å²) in [5.41, 5.74) is 0. The van der Waals surface area contributed by atoms with Crippen LogP contribution in [0.25, 0.3) is 5.95 Å². The maximum absolute atomic E-state index is 4.51. The average molecular weight is 306 g/mol. The predicted molar refractivity (Wildman–Crippen MR) is 85.9 cm³/mol. The Morgan fingerprint density at radius 2 is 2.14 bits per heavy atom. The lowest BCUT2D eigenvalue weighted by Crippen LogP contribution is -2.10. The molecule has 0 spiro atoms. The lowest BCUT2D eigenvalue weighted by molar-refractivity contribution is 0.635. The van der Waals surface area contributed by atoms with Crippen LogP contribution in [0.1, 0.15) is 33.6 Å². The zero-order valence-electron chi connectivity index (χ0n) is 12.8. The number of anilines is 1. The SMILES string of the molecule is CCCNc1nc(SCC(C)CC)nc(-n2ccnc2)n1. The number of nitrogens with zero attached hydrogens (tertiary/aromatic N) is 5. The first-order valence-electron chi connectivity index (χ1n) is 7.34. The van der Waals surface area contributed by atoms with Crippen molar-refractivity contribution in [2.75, 3.05) is 17.6 Å². The van der Waals surface area contributed by atoms with Crippen molar-refractivity contribution in [3.05, 3.63) is 18.7 Å². The van der Waals surface area contributed by atoms with Crippen molar-refractivity contribution in [2.45, 2.75) is 38.8 Å². The number of hydrogen-bond donors (Lipinski definition) is 1. The Bertz CT molecular complexity index is 542. The first-order chi connectivity index (χ1) is 10.2. The highest BCUT2D eigenvalue weighted by Crippen LogP contribution is 2.20. The Hall–Kier alpha value is -1.63. The highest BCUT2D eigenvalue weighted by molar-refractivity contribution is 7.99. The van der Waals surface area contributed by atoms with Gasteiger partial charge in [-0.3, -0.25) is 4.57 Å². The Morgan fingerprint density at radius 3 is 2.81 bits per heavy atom. The minimum absolute atomic E-state index is 0.604. The van der Waals surface area contributed by atoms with Gasteiger partial charge in [-0.05, 0) is 12.3 Å². The molecule has 2 rings (SSSR count). The van der Waals surface area contributed by atoms with Crippen LogP contribution in [0.4, 0.5) is 5.95 Å². The molecule has 2 aromatic rings. The molecule has 0 fully saturated rings. The Labute approximate surface area is 129 Å². The standard InChI is InChI=1S/C14H22N6S/c1-4-6-16-12-17-13(20-8-7-15-10-20)19-14(18-12)21-9-11(3)5-2/h7-8,10-11H,4-6,9H2,1-3H3,(H,16,17,18,19). The van der Waals surface area contributed by atoms with Crippen molar-refractivity contribution in [3.63, 3.8) is 0 Å². The van der Waals surface area contributed by atoms with Crippen molar-refractivity contribution in [3.8, 4) is 5.95 Å². The van der Waals surface area contributed by atoms with E-state index in [1.807, 2.05) is 6.20 Å². The van der Waals surface area contributed by atoms with Gasteiger partial charge in [0.25, 0.3) is 0 Å². The quantitative estimate of drug-likeness (QED) is 0.756. The minimum atomic E-state index is 0.604. The van der Waals surface area contributed by atoms with Crippen LogP contribution in [-0.4, -0.2) is 36.8 Å². The van der Waals surface area contributed by atoms with Gasteiger partial charge in [0, 0.05) is 24.7 Å². The van der Waals surface area contributed by atoms with Crippen LogP contribution in [0.2, 0.25) is 0 Å². The normalized spacial score (nSPS) is 12.3. The molecular formula is C14H22N6S. The summed E-state index contributed by atoms with van der Waals surface area (Å²) in [5, 5.41) is 3.99. The van der Waals surface area contributed by atoms with Gasteiger partial charge in [0.2, 0.25) is 11.9 Å². The first-order valence-corrected chi connectivity index (χ1v) is 8.32. The molecule has 0 saturated carbocycles. The van der Waals surface area contributed by atoms with Crippen molar-refractivity contribution in [1.29, 1.82) is 0 Å². The second kappa shape index (κ2) is 7.97. The maximum atomic E-state index is 4.51. The second-order valence-corrected chi connectivity index (χ2v) is 5.95. The highest BCUT2D eigenvalue weighted by Gasteiger charge is 2.09. The van der Waals surface area contributed by atoms with Crippen LogP contribution in [-0.2, 0) is 0 Å². The Balaban J connectivity index is 2.20. The van der Waals surface area contributed by atoms with E-state index < -0.39 is 0 Å². The van der Waals surface area contributed by atoms with E-state index in [4.69, 9.17) is 0 Å². The van der Waals surface area contributed by atoms with Crippen LogP contribution in [0.15, 0.2) is 23.9 Å². The summed E-state index contributed by atoms with van der Waals surface area (Å²) in [4.78, 5) is 17.5. The Kier molecular flexibility index (Phi) is 5.98. The van der Waals surface area contributed by atoms with E-state index in [9.17, 15) is 0 Å². The number of hydrogen-bond acceptors (Lipinski definition) is 6. The second-order valence-electron chi connectivity index (χ2n) is 4.96. The summed E-state index contributed by atoms with van der Waals surface area (Å²) in [6.45, 7) is 7.40. The fraction of sp³-hybridized carbons (Fsp3) is 0.571. The zero-order valence-corrected chi connectivity index (χ0v) is 13.6. The van der Waals surface area contributed by atoms with Crippen molar-refractivity contribution in [2.24, 2.45) is 5.92 Å². The molecule has 0 aromatic carbocycles. The van der Waals surface area contributed by atoms with Crippen molar-refractivity contribution >= 4 is 17.7 Å². The molecule has 0 aliphatic heterocycles. The number of aromatic nitrogens is 5. The van der Waals surface area contributed by atoms with Gasteiger partial charge in [-0.25, -0.2) is 4.98 Å². The lowest BCUT2D eigenvalue weighted by atomic mass is 10.2. The average Bonchev–Trinajstić information content (AvgIpc) is 3.04. The molecule has 6 nitrogen and oxygen atoms in total. The largest absolute Gasteiger partial charge is 0.354 e. The van der Waals surface area contributed by atoms with Gasteiger partial charge in [-0.1, -0.05) is 39.0 Å². The fourth-order valence-corrected chi connectivity index (χ4v) is 2.52. The van der Waals surface area contributed by atoms with Gasteiger partial charge in [0.1, 0.15) is 6.33 Å². The van der Waals surface area contributed by atoms with Gasteiger partial charge in [-0.15, -0.1) is 0 Å². The van der Waals surface area contributed by atoms with E-state index in [0.29, 0.717) is 17.8 Å². The molecule has 0 aliphatic rings. The third-order valence-corrected chi connectivity index (χ3v) is 4.24. The molecule has 114 valence electrons. The molecule has 0 radical (unpaired) electrons. The molecule has 0 aliphatic carbocycles. The van der Waals surface area contributed by atoms with Crippen molar-refractivity contribution in [1.82, 2.24) is 24.5 Å². The number of thioether (sulfide) groups is 1. The molecule has 0 amide bonds. The van der Waals surface area contributed by atoms with Crippen LogP contribution in [0.3, 0.4) is 0 Å². The summed E-state index contributed by atoms with van der Waals surface area (Å²) >= 11 is 1.68. The Morgan fingerprint density at radius 1 is 1.29 bits per heavy atom. The summed E-state index contributed by atoms with van der Waals surface area (Å²) in [7, 11) is 0. The number of nitrogens with one attached hydrogen (secondary N) is 1. The zero-order chi connectivity index (χ0) is 15.1. The van der Waals surface area contributed by atoms with Crippen LogP contribution < -0.4 is 5.32 Å². The molecule has 0 bridgehead atoms. The molecule has 1 atom stereocenters. The van der Waals surface area contributed by atoms with Gasteiger partial charge >= 0.3 is 0 Å². The van der Waals surface area contributed by atoms with E-state index in [1.165, 1.54) is 0 Å². The minimum Gasteiger partial charge on any atom is -0.354 e. The first kappa shape index (κ1) is 15.8. The lowest BCUT2D eigenvalue weighted by Gasteiger charge is -2.10. The molecule has 1 N–H and O–H groups in total. The van der Waals surface area contributed by atoms with Gasteiger partial charge in [0.15, 0.2) is 5.16 Å². The molecule has 0 saturated heterocycles. The summed E-state index contributed by atoms with van der Waals surface area (Å²) < 4.78 is 1.80. The molecule has 21 heavy (non-hydrogen) atoms. The summed E-state index contributed by atoms with van der Waals surface area (Å²) in [6.07, 6.45) is 7.44. The number of imidazole rings is 1. The molecule has 1 unspecified atom stereocenters. The third-order valence-electron chi connectivity index (χ3n) is 3.07. The molecular weight excluding hydrogens is 284 g/mol. The highest BCUT2D eigenvalue weighted by atomic mass is 32.2. The van der Waals surface area contributed by atoms with Crippen LogP contribution in [0, 0.1) is 5.92 Å². The van der Waals surface area contributed by atoms with Crippen LogP contribution >= 0.6 is 11.8 Å². The van der Waals surface area contributed by atoms with E-state index >= 15 is 0 Å². The van der Waals surface area contributed by atoms with Crippen molar-refractivity contribution < 1.29 is 0 Å². The topological polar surface area (TPSA) is 68.5 Å². The molecule has 2 aromatic heterocycles. The third kappa shape index (κ3) is 4.70. The van der Waals surface area contributed by atoms with E-state index in [2.05, 4.69) is 46.0 Å². The van der Waals surface area contributed by atoms with Crippen LogP contribution in [0.5, 0.6) is 0 Å². The van der Waals surface area contributed by atoms with E-state index in [1.54, 1.807) is 28.9 Å². The summed E-state index contributed by atoms with van der Waals surface area (Å²) in [6, 6.07) is 0. The van der Waals surface area contributed by atoms with E-state index in [-0.39, 0.29) is 0 Å². The smallest absolute Gasteiger partial charge is 0.240 e. The maximum Gasteiger partial charge on any atom is 0.240 e. The molecule has 2 heterocycles. The van der Waals surface area contributed by atoms with Gasteiger partial charge < -0.3 is 5.32 Å². The summed E-state index contributed by atoms with van der Waals surface area (Å²) in [5.74, 6) is 2.89.